The summed E-state index contributed by atoms with van der Waals surface area (Å²) in [7, 11) is 0. The van der Waals surface area contributed by atoms with Crippen LogP contribution in [0.2, 0.25) is 5.02 Å². The van der Waals surface area contributed by atoms with Gasteiger partial charge in [0.1, 0.15) is 5.75 Å². The van der Waals surface area contributed by atoms with Crippen molar-refractivity contribution >= 4 is 17.3 Å². The summed E-state index contributed by atoms with van der Waals surface area (Å²) in [5, 5.41) is 19.6. The van der Waals surface area contributed by atoms with E-state index < -0.39 is 11.0 Å². The van der Waals surface area contributed by atoms with Gasteiger partial charge in [-0.15, -0.1) is 0 Å². The number of hydrogen-bond acceptors (Lipinski definition) is 4. The van der Waals surface area contributed by atoms with Gasteiger partial charge in [-0.25, -0.2) is 0 Å². The van der Waals surface area contributed by atoms with Gasteiger partial charge in [-0.3, -0.25) is 10.1 Å². The Hall–Kier alpha value is -1.33. The summed E-state index contributed by atoms with van der Waals surface area (Å²) in [5.41, 5.74) is -0.0760. The van der Waals surface area contributed by atoms with Crippen LogP contribution in [0, 0.1) is 10.1 Å². The molecule has 0 spiro atoms. The van der Waals surface area contributed by atoms with Crippen LogP contribution in [0.3, 0.4) is 0 Å². The summed E-state index contributed by atoms with van der Waals surface area (Å²) in [6, 6.07) is 4.01. The third-order valence-corrected chi connectivity index (χ3v) is 2.21. The number of nitro benzene ring substituents is 1. The molecular formula is C10H12ClNO4. The molecule has 0 fully saturated rings. The zero-order valence-corrected chi connectivity index (χ0v) is 9.48. The standard InChI is InChI=1S/C10H12ClNO4/c1-7(13)4-5-16-10-3-2-8(12(14)15)6-9(10)11/h2-3,6-7,13H,4-5H2,1H3. The van der Waals surface area contributed by atoms with Gasteiger partial charge in [-0.05, 0) is 13.0 Å². The first-order valence-corrected chi connectivity index (χ1v) is 5.13. The van der Waals surface area contributed by atoms with E-state index >= 15 is 0 Å². The van der Waals surface area contributed by atoms with E-state index in [0.717, 1.165) is 0 Å². The van der Waals surface area contributed by atoms with Crippen LogP contribution in [-0.2, 0) is 0 Å². The van der Waals surface area contributed by atoms with Crippen molar-refractivity contribution < 1.29 is 14.8 Å². The number of hydrogen-bond donors (Lipinski definition) is 1. The fourth-order valence-electron chi connectivity index (χ4n) is 1.06. The molecule has 0 aromatic heterocycles. The number of benzene rings is 1. The highest BCUT2D eigenvalue weighted by Crippen LogP contribution is 2.28. The van der Waals surface area contributed by atoms with Crippen molar-refractivity contribution in [2.45, 2.75) is 19.4 Å². The quantitative estimate of drug-likeness (QED) is 0.639. The largest absolute Gasteiger partial charge is 0.492 e. The van der Waals surface area contributed by atoms with Crippen LogP contribution in [0.5, 0.6) is 5.75 Å². The number of nitrogens with zero attached hydrogens (tertiary/aromatic N) is 1. The average molecular weight is 246 g/mol. The second kappa shape index (κ2) is 5.67. The van der Waals surface area contributed by atoms with Gasteiger partial charge in [0, 0.05) is 18.6 Å². The topological polar surface area (TPSA) is 72.6 Å². The molecule has 1 aromatic carbocycles. The lowest BCUT2D eigenvalue weighted by Crippen LogP contribution is -2.07. The molecule has 0 aliphatic heterocycles. The smallest absolute Gasteiger partial charge is 0.271 e. The van der Waals surface area contributed by atoms with Gasteiger partial charge in [0.2, 0.25) is 0 Å². The van der Waals surface area contributed by atoms with Crippen LogP contribution in [0.15, 0.2) is 18.2 Å². The fraction of sp³-hybridized carbons (Fsp3) is 0.400. The van der Waals surface area contributed by atoms with Crippen LogP contribution in [0.4, 0.5) is 5.69 Å². The molecule has 0 saturated carbocycles. The number of aliphatic hydroxyl groups is 1. The first-order chi connectivity index (χ1) is 7.50. The summed E-state index contributed by atoms with van der Waals surface area (Å²) in [6.07, 6.45) is 0.0321. The summed E-state index contributed by atoms with van der Waals surface area (Å²) < 4.78 is 5.27. The Kier molecular flexibility index (Phi) is 4.52. The lowest BCUT2D eigenvalue weighted by Gasteiger charge is -2.08. The Labute approximate surface area is 97.8 Å². The minimum absolute atomic E-state index is 0.0760. The Morgan fingerprint density at radius 3 is 2.81 bits per heavy atom. The predicted molar refractivity (Wildman–Crippen MR) is 59.9 cm³/mol. The molecule has 1 N–H and O–H groups in total. The molecule has 88 valence electrons. The van der Waals surface area contributed by atoms with Crippen molar-refractivity contribution in [1.29, 1.82) is 0 Å². The molecule has 1 aromatic rings. The maximum atomic E-state index is 10.4. The highest BCUT2D eigenvalue weighted by atomic mass is 35.5. The molecule has 1 unspecified atom stereocenters. The summed E-state index contributed by atoms with van der Waals surface area (Å²) in [6.45, 7) is 1.97. The zero-order valence-electron chi connectivity index (χ0n) is 8.72. The zero-order chi connectivity index (χ0) is 12.1. The van der Waals surface area contributed by atoms with Crippen molar-refractivity contribution in [3.8, 4) is 5.75 Å². The van der Waals surface area contributed by atoms with E-state index in [-0.39, 0.29) is 10.7 Å². The van der Waals surface area contributed by atoms with Crippen LogP contribution in [0.1, 0.15) is 13.3 Å². The molecule has 0 aliphatic carbocycles. The monoisotopic (exact) mass is 245 g/mol. The molecule has 0 aliphatic rings. The first-order valence-electron chi connectivity index (χ1n) is 4.75. The lowest BCUT2D eigenvalue weighted by molar-refractivity contribution is -0.384. The minimum atomic E-state index is -0.522. The van der Waals surface area contributed by atoms with Gasteiger partial charge < -0.3 is 9.84 Å². The maximum Gasteiger partial charge on any atom is 0.271 e. The van der Waals surface area contributed by atoms with Crippen molar-refractivity contribution in [1.82, 2.24) is 0 Å². The predicted octanol–water partition coefficient (Wildman–Crippen LogP) is 2.40. The highest BCUT2D eigenvalue weighted by Gasteiger charge is 2.10. The molecule has 5 nitrogen and oxygen atoms in total. The molecule has 0 heterocycles. The SMILES string of the molecule is CC(O)CCOc1ccc([N+](=O)[O-])cc1Cl. The second-order valence-electron chi connectivity index (χ2n) is 3.36. The molecule has 1 rings (SSSR count). The number of ether oxygens (including phenoxy) is 1. The van der Waals surface area contributed by atoms with Gasteiger partial charge in [0.05, 0.1) is 22.7 Å². The number of halogens is 1. The van der Waals surface area contributed by atoms with Crippen LogP contribution in [-0.4, -0.2) is 22.7 Å². The van der Waals surface area contributed by atoms with Gasteiger partial charge in [-0.1, -0.05) is 11.6 Å². The van der Waals surface area contributed by atoms with E-state index in [0.29, 0.717) is 18.8 Å². The van der Waals surface area contributed by atoms with E-state index in [4.69, 9.17) is 21.4 Å². The summed E-state index contributed by atoms with van der Waals surface area (Å²) in [5.74, 6) is 0.382. The van der Waals surface area contributed by atoms with Crippen molar-refractivity contribution in [3.05, 3.63) is 33.3 Å². The molecule has 0 saturated heterocycles. The molecule has 0 amide bonds. The summed E-state index contributed by atoms with van der Waals surface area (Å²) >= 11 is 5.80. The molecule has 0 radical (unpaired) electrons. The third-order valence-electron chi connectivity index (χ3n) is 1.92. The third kappa shape index (κ3) is 3.67. The molecular weight excluding hydrogens is 234 g/mol. The Morgan fingerprint density at radius 2 is 2.31 bits per heavy atom. The molecule has 0 bridgehead atoms. The molecule has 6 heteroatoms. The van der Waals surface area contributed by atoms with Gasteiger partial charge in [0.15, 0.2) is 0 Å². The van der Waals surface area contributed by atoms with Gasteiger partial charge in [0.25, 0.3) is 5.69 Å². The average Bonchev–Trinajstić information content (AvgIpc) is 2.19. The fourth-order valence-corrected chi connectivity index (χ4v) is 1.29. The lowest BCUT2D eigenvalue weighted by atomic mass is 10.3. The summed E-state index contributed by atoms with van der Waals surface area (Å²) in [4.78, 5) is 9.92. The minimum Gasteiger partial charge on any atom is -0.492 e. The normalized spacial score (nSPS) is 12.2. The van der Waals surface area contributed by atoms with Crippen LogP contribution < -0.4 is 4.74 Å². The number of rotatable bonds is 5. The van der Waals surface area contributed by atoms with Gasteiger partial charge >= 0.3 is 0 Å². The van der Waals surface area contributed by atoms with Crippen LogP contribution in [0.25, 0.3) is 0 Å². The number of nitro groups is 1. The number of non-ortho nitro benzene ring substituents is 1. The van der Waals surface area contributed by atoms with Crippen molar-refractivity contribution in [2.75, 3.05) is 6.61 Å². The van der Waals surface area contributed by atoms with Crippen molar-refractivity contribution in [3.63, 3.8) is 0 Å². The van der Waals surface area contributed by atoms with E-state index in [1.165, 1.54) is 18.2 Å². The second-order valence-corrected chi connectivity index (χ2v) is 3.77. The first kappa shape index (κ1) is 12.7. The van der Waals surface area contributed by atoms with E-state index in [2.05, 4.69) is 0 Å². The van der Waals surface area contributed by atoms with Gasteiger partial charge in [-0.2, -0.15) is 0 Å². The van der Waals surface area contributed by atoms with E-state index in [9.17, 15) is 10.1 Å². The molecule has 16 heavy (non-hydrogen) atoms. The Balaban J connectivity index is 2.64. The number of aliphatic hydroxyl groups excluding tert-OH is 1. The maximum absolute atomic E-state index is 10.4. The molecule has 1 atom stereocenters. The Bertz CT molecular complexity index is 381. The Morgan fingerprint density at radius 1 is 1.62 bits per heavy atom. The van der Waals surface area contributed by atoms with E-state index in [1.807, 2.05) is 0 Å². The highest BCUT2D eigenvalue weighted by molar-refractivity contribution is 6.32. The van der Waals surface area contributed by atoms with Crippen LogP contribution >= 0.6 is 11.6 Å². The van der Waals surface area contributed by atoms with E-state index in [1.54, 1.807) is 6.92 Å². The van der Waals surface area contributed by atoms with Crippen molar-refractivity contribution in [2.24, 2.45) is 0 Å².